The normalized spacial score (nSPS) is 31.7. The average Bonchev–Trinajstić information content (AvgIpc) is 2.04. The summed E-state index contributed by atoms with van der Waals surface area (Å²) in [6.45, 7) is 3.57. The summed E-state index contributed by atoms with van der Waals surface area (Å²) in [4.78, 5) is 4.34. The van der Waals surface area contributed by atoms with Crippen LogP contribution in [0.25, 0.3) is 0 Å². The summed E-state index contributed by atoms with van der Waals surface area (Å²) in [5.41, 5.74) is 6.74. The van der Waals surface area contributed by atoms with E-state index in [0.29, 0.717) is 12.5 Å². The van der Waals surface area contributed by atoms with Crippen molar-refractivity contribution in [2.75, 3.05) is 20.2 Å². The van der Waals surface area contributed by atoms with E-state index in [4.69, 9.17) is 10.5 Å². The van der Waals surface area contributed by atoms with Crippen molar-refractivity contribution in [3.8, 4) is 0 Å². The molecule has 0 saturated heterocycles. The van der Waals surface area contributed by atoms with Crippen LogP contribution >= 0.6 is 0 Å². The van der Waals surface area contributed by atoms with Gasteiger partial charge in [0, 0.05) is 31.8 Å². The van der Waals surface area contributed by atoms with Gasteiger partial charge in [0.15, 0.2) is 0 Å². The predicted octanol–water partition coefficient (Wildman–Crippen LogP) is 0.441. The fourth-order valence-electron chi connectivity index (χ4n) is 1.56. The molecule has 0 bridgehead atoms. The number of methoxy groups -OCH3 is 1. The lowest BCUT2D eigenvalue weighted by atomic mass is 9.92. The Morgan fingerprint density at radius 1 is 1.73 bits per heavy atom. The Labute approximate surface area is 67.6 Å². The summed E-state index contributed by atoms with van der Waals surface area (Å²) < 4.78 is 5.30. The Balaban J connectivity index is 2.63. The van der Waals surface area contributed by atoms with Crippen LogP contribution in [0, 0.1) is 5.92 Å². The average molecular weight is 156 g/mol. The van der Waals surface area contributed by atoms with Crippen molar-refractivity contribution in [2.24, 2.45) is 16.6 Å². The van der Waals surface area contributed by atoms with Gasteiger partial charge >= 0.3 is 0 Å². The van der Waals surface area contributed by atoms with Gasteiger partial charge in [0.25, 0.3) is 0 Å². The highest BCUT2D eigenvalue weighted by Crippen LogP contribution is 2.16. The lowest BCUT2D eigenvalue weighted by Gasteiger charge is -2.28. The molecule has 0 amide bonds. The van der Waals surface area contributed by atoms with Crippen LogP contribution in [0.1, 0.15) is 13.3 Å². The highest BCUT2D eigenvalue weighted by Gasteiger charge is 2.25. The van der Waals surface area contributed by atoms with Crippen molar-refractivity contribution in [1.29, 1.82) is 0 Å². The van der Waals surface area contributed by atoms with Crippen LogP contribution in [0.4, 0.5) is 0 Å². The fraction of sp³-hybridized carbons (Fsp3) is 0.875. The van der Waals surface area contributed by atoms with E-state index < -0.39 is 0 Å². The maximum absolute atomic E-state index is 5.60. The van der Waals surface area contributed by atoms with Gasteiger partial charge in [-0.05, 0) is 13.3 Å². The molecule has 0 aliphatic carbocycles. The third kappa shape index (κ3) is 1.79. The van der Waals surface area contributed by atoms with E-state index >= 15 is 0 Å². The smallest absolute Gasteiger partial charge is 0.0681 e. The highest BCUT2D eigenvalue weighted by molar-refractivity contribution is 5.85. The minimum atomic E-state index is 0.289. The fourth-order valence-corrected chi connectivity index (χ4v) is 1.56. The molecule has 3 nitrogen and oxygen atoms in total. The minimum absolute atomic E-state index is 0.289. The molecule has 1 aliphatic heterocycles. The molecular formula is C8H16N2O. The van der Waals surface area contributed by atoms with E-state index in [1.807, 2.05) is 6.92 Å². The molecule has 2 N–H and O–H groups in total. The van der Waals surface area contributed by atoms with E-state index in [2.05, 4.69) is 4.99 Å². The van der Waals surface area contributed by atoms with E-state index in [9.17, 15) is 0 Å². The predicted molar refractivity (Wildman–Crippen MR) is 45.9 cm³/mol. The zero-order valence-electron chi connectivity index (χ0n) is 7.21. The molecule has 3 heteroatoms. The molecule has 0 radical (unpaired) electrons. The Hall–Kier alpha value is -0.410. The number of aliphatic imine (C=N–C) groups is 1. The second kappa shape index (κ2) is 3.83. The van der Waals surface area contributed by atoms with Crippen molar-refractivity contribution in [2.45, 2.75) is 19.4 Å². The van der Waals surface area contributed by atoms with Crippen LogP contribution in [0.15, 0.2) is 4.99 Å². The Bertz CT molecular complexity index is 156. The standard InChI is InChI=1S/C8H16N2O/c1-6-7(5-9)8(11-2)3-4-10-6/h7-8H,3-5,9H2,1-2H3/t7-,8?/m0/s1. The van der Waals surface area contributed by atoms with Crippen molar-refractivity contribution in [1.82, 2.24) is 0 Å². The van der Waals surface area contributed by atoms with Gasteiger partial charge in [0.2, 0.25) is 0 Å². The zero-order chi connectivity index (χ0) is 8.27. The summed E-state index contributed by atoms with van der Waals surface area (Å²) in [6, 6.07) is 0. The number of hydrogen-bond donors (Lipinski definition) is 1. The molecule has 1 rings (SSSR count). The number of rotatable bonds is 2. The van der Waals surface area contributed by atoms with Crippen LogP contribution in [-0.4, -0.2) is 32.0 Å². The largest absolute Gasteiger partial charge is 0.381 e. The summed E-state index contributed by atoms with van der Waals surface area (Å²) in [7, 11) is 1.74. The van der Waals surface area contributed by atoms with E-state index in [1.165, 1.54) is 0 Å². The Morgan fingerprint density at radius 2 is 2.45 bits per heavy atom. The molecular weight excluding hydrogens is 140 g/mol. The molecule has 0 aromatic rings. The number of nitrogens with two attached hydrogens (primary N) is 1. The first-order chi connectivity index (χ1) is 5.29. The zero-order valence-corrected chi connectivity index (χ0v) is 7.21. The quantitative estimate of drug-likeness (QED) is 0.630. The van der Waals surface area contributed by atoms with Crippen LogP contribution in [0.2, 0.25) is 0 Å². The molecule has 0 aromatic heterocycles. The molecule has 0 saturated carbocycles. The first-order valence-electron chi connectivity index (χ1n) is 4.03. The number of nitrogens with zero attached hydrogens (tertiary/aromatic N) is 1. The summed E-state index contributed by atoms with van der Waals surface area (Å²) in [5, 5.41) is 0. The molecule has 0 aromatic carbocycles. The highest BCUT2D eigenvalue weighted by atomic mass is 16.5. The first-order valence-corrected chi connectivity index (χ1v) is 4.03. The first kappa shape index (κ1) is 8.68. The maximum atomic E-state index is 5.60. The minimum Gasteiger partial charge on any atom is -0.381 e. The summed E-state index contributed by atoms with van der Waals surface area (Å²) >= 11 is 0. The molecule has 1 heterocycles. The summed E-state index contributed by atoms with van der Waals surface area (Å²) in [6.07, 6.45) is 1.30. The second-order valence-electron chi connectivity index (χ2n) is 2.93. The van der Waals surface area contributed by atoms with Crippen molar-refractivity contribution >= 4 is 5.71 Å². The lowest BCUT2D eigenvalue weighted by Crippen LogP contribution is -2.38. The number of ether oxygens (including phenoxy) is 1. The molecule has 1 unspecified atom stereocenters. The Morgan fingerprint density at radius 3 is 2.91 bits per heavy atom. The topological polar surface area (TPSA) is 47.6 Å². The molecule has 64 valence electrons. The van der Waals surface area contributed by atoms with Gasteiger partial charge in [0.1, 0.15) is 0 Å². The van der Waals surface area contributed by atoms with Gasteiger partial charge in [0.05, 0.1) is 6.10 Å². The van der Waals surface area contributed by atoms with E-state index in [-0.39, 0.29) is 6.10 Å². The van der Waals surface area contributed by atoms with Gasteiger partial charge in [-0.3, -0.25) is 4.99 Å². The SMILES string of the molecule is COC1CCN=C(C)[C@@H]1CN. The van der Waals surface area contributed by atoms with Gasteiger partial charge in [-0.25, -0.2) is 0 Å². The van der Waals surface area contributed by atoms with Crippen molar-refractivity contribution in [3.05, 3.63) is 0 Å². The molecule has 0 fully saturated rings. The van der Waals surface area contributed by atoms with E-state index in [1.54, 1.807) is 7.11 Å². The van der Waals surface area contributed by atoms with Gasteiger partial charge < -0.3 is 10.5 Å². The summed E-state index contributed by atoms with van der Waals surface area (Å²) in [5.74, 6) is 0.341. The van der Waals surface area contributed by atoms with Crippen molar-refractivity contribution < 1.29 is 4.74 Å². The monoisotopic (exact) mass is 156 g/mol. The third-order valence-corrected chi connectivity index (χ3v) is 2.32. The second-order valence-corrected chi connectivity index (χ2v) is 2.93. The van der Waals surface area contributed by atoms with Crippen molar-refractivity contribution in [3.63, 3.8) is 0 Å². The molecule has 0 spiro atoms. The van der Waals surface area contributed by atoms with Gasteiger partial charge in [-0.15, -0.1) is 0 Å². The van der Waals surface area contributed by atoms with Crippen LogP contribution in [0.5, 0.6) is 0 Å². The van der Waals surface area contributed by atoms with Gasteiger partial charge in [-0.2, -0.15) is 0 Å². The maximum Gasteiger partial charge on any atom is 0.0681 e. The van der Waals surface area contributed by atoms with Gasteiger partial charge in [-0.1, -0.05) is 0 Å². The number of hydrogen-bond acceptors (Lipinski definition) is 3. The van der Waals surface area contributed by atoms with Crippen LogP contribution in [0.3, 0.4) is 0 Å². The van der Waals surface area contributed by atoms with Crippen LogP contribution < -0.4 is 5.73 Å². The Kier molecular flexibility index (Phi) is 3.02. The molecule has 1 aliphatic rings. The van der Waals surface area contributed by atoms with E-state index in [0.717, 1.165) is 18.7 Å². The lowest BCUT2D eigenvalue weighted by molar-refractivity contribution is 0.0679. The molecule has 2 atom stereocenters. The van der Waals surface area contributed by atoms with Crippen LogP contribution in [-0.2, 0) is 4.74 Å². The molecule has 11 heavy (non-hydrogen) atoms. The third-order valence-electron chi connectivity index (χ3n) is 2.32.